The van der Waals surface area contributed by atoms with Crippen molar-refractivity contribution in [2.75, 3.05) is 39.8 Å². The van der Waals surface area contributed by atoms with Crippen molar-refractivity contribution < 1.29 is 4.79 Å². The highest BCUT2D eigenvalue weighted by molar-refractivity contribution is 9.10. The van der Waals surface area contributed by atoms with Crippen LogP contribution in [0.1, 0.15) is 5.56 Å². The summed E-state index contributed by atoms with van der Waals surface area (Å²) in [5.74, 6) is 0.192. The van der Waals surface area contributed by atoms with Gasteiger partial charge in [0.05, 0.1) is 11.6 Å². The second-order valence-corrected chi connectivity index (χ2v) is 6.31. The van der Waals surface area contributed by atoms with E-state index >= 15 is 0 Å². The van der Waals surface area contributed by atoms with Crippen LogP contribution in [0.2, 0.25) is 5.02 Å². The average Bonchev–Trinajstić information content (AvgIpc) is 2.44. The summed E-state index contributed by atoms with van der Waals surface area (Å²) in [6, 6.07) is 5.88. The smallest absolute Gasteiger partial charge is 0.236 e. The zero-order chi connectivity index (χ0) is 14.5. The van der Waals surface area contributed by atoms with E-state index in [1.807, 2.05) is 35.0 Å². The van der Waals surface area contributed by atoms with Crippen molar-refractivity contribution in [3.8, 4) is 0 Å². The van der Waals surface area contributed by atoms with E-state index in [-0.39, 0.29) is 5.91 Å². The van der Waals surface area contributed by atoms with E-state index in [2.05, 4.69) is 21.2 Å². The summed E-state index contributed by atoms with van der Waals surface area (Å²) in [6.07, 6.45) is 0. The van der Waals surface area contributed by atoms with E-state index in [0.717, 1.165) is 36.2 Å². The Morgan fingerprint density at radius 3 is 2.80 bits per heavy atom. The van der Waals surface area contributed by atoms with Crippen LogP contribution >= 0.6 is 27.5 Å². The first kappa shape index (κ1) is 15.8. The van der Waals surface area contributed by atoms with Gasteiger partial charge in [-0.3, -0.25) is 9.69 Å². The lowest BCUT2D eigenvalue weighted by atomic mass is 10.2. The lowest BCUT2D eigenvalue weighted by molar-refractivity contribution is -0.132. The van der Waals surface area contributed by atoms with Crippen LogP contribution in [0.4, 0.5) is 0 Å². The van der Waals surface area contributed by atoms with Crippen molar-refractivity contribution in [1.82, 2.24) is 15.1 Å². The number of likely N-dealkylation sites (N-methyl/N-ethyl adjacent to an activating group) is 1. The largest absolute Gasteiger partial charge is 0.339 e. The molecule has 0 spiro atoms. The highest BCUT2D eigenvalue weighted by atomic mass is 79.9. The number of piperazine rings is 1. The monoisotopic (exact) mass is 359 g/mol. The first-order valence-electron chi connectivity index (χ1n) is 6.67. The summed E-state index contributed by atoms with van der Waals surface area (Å²) in [5, 5.41) is 3.95. The number of benzene rings is 1. The molecule has 0 unspecified atom stereocenters. The minimum atomic E-state index is 0.192. The van der Waals surface area contributed by atoms with Crippen molar-refractivity contribution in [3.05, 3.63) is 33.3 Å². The van der Waals surface area contributed by atoms with Gasteiger partial charge in [0.1, 0.15) is 0 Å². The molecule has 1 heterocycles. The van der Waals surface area contributed by atoms with Crippen molar-refractivity contribution >= 4 is 33.4 Å². The Morgan fingerprint density at radius 2 is 2.15 bits per heavy atom. The molecule has 1 aliphatic rings. The molecular formula is C14H19BrClN3O. The molecule has 4 nitrogen and oxygen atoms in total. The quantitative estimate of drug-likeness (QED) is 0.892. The minimum Gasteiger partial charge on any atom is -0.339 e. The summed E-state index contributed by atoms with van der Waals surface area (Å²) in [7, 11) is 1.95. The molecule has 1 aromatic rings. The van der Waals surface area contributed by atoms with Gasteiger partial charge in [-0.05, 0) is 40.7 Å². The molecule has 1 fully saturated rings. The summed E-state index contributed by atoms with van der Waals surface area (Å²) < 4.78 is 0.891. The van der Waals surface area contributed by atoms with Crippen LogP contribution < -0.4 is 5.32 Å². The van der Waals surface area contributed by atoms with E-state index < -0.39 is 0 Å². The molecule has 1 N–H and O–H groups in total. The van der Waals surface area contributed by atoms with Crippen LogP contribution in [0.3, 0.4) is 0 Å². The van der Waals surface area contributed by atoms with Crippen molar-refractivity contribution in [1.29, 1.82) is 0 Å². The predicted octanol–water partition coefficient (Wildman–Crippen LogP) is 1.97. The van der Waals surface area contributed by atoms with Gasteiger partial charge in [0.15, 0.2) is 0 Å². The number of halogens is 2. The van der Waals surface area contributed by atoms with E-state index in [0.29, 0.717) is 18.1 Å². The zero-order valence-corrected chi connectivity index (χ0v) is 13.9. The van der Waals surface area contributed by atoms with Crippen LogP contribution in [-0.2, 0) is 11.3 Å². The fourth-order valence-corrected chi connectivity index (χ4v) is 2.70. The maximum atomic E-state index is 12.1. The SMILES string of the molecule is CN(CC(=O)N1CCNCC1)Cc1ccc(Br)c(Cl)c1. The highest BCUT2D eigenvalue weighted by Crippen LogP contribution is 2.23. The molecule has 20 heavy (non-hydrogen) atoms. The molecule has 0 aromatic heterocycles. The fraction of sp³-hybridized carbons (Fsp3) is 0.500. The molecule has 1 aromatic carbocycles. The first-order valence-corrected chi connectivity index (χ1v) is 7.84. The second kappa shape index (κ2) is 7.41. The summed E-state index contributed by atoms with van der Waals surface area (Å²) in [6.45, 7) is 4.53. The molecule has 0 radical (unpaired) electrons. The van der Waals surface area contributed by atoms with Crippen LogP contribution in [0.5, 0.6) is 0 Å². The van der Waals surface area contributed by atoms with E-state index in [1.54, 1.807) is 0 Å². The van der Waals surface area contributed by atoms with Gasteiger partial charge in [0.25, 0.3) is 0 Å². The number of rotatable bonds is 4. The Bertz CT molecular complexity index is 477. The highest BCUT2D eigenvalue weighted by Gasteiger charge is 2.17. The lowest BCUT2D eigenvalue weighted by Crippen LogP contribution is -2.49. The third-order valence-electron chi connectivity index (χ3n) is 3.31. The van der Waals surface area contributed by atoms with Crippen LogP contribution in [0, 0.1) is 0 Å². The summed E-state index contributed by atoms with van der Waals surface area (Å²) in [5.41, 5.74) is 1.11. The molecule has 1 saturated heterocycles. The van der Waals surface area contributed by atoms with Crippen LogP contribution in [0.25, 0.3) is 0 Å². The Hall–Kier alpha value is -0.620. The molecule has 110 valence electrons. The predicted molar refractivity (Wildman–Crippen MR) is 84.9 cm³/mol. The van der Waals surface area contributed by atoms with Crippen molar-refractivity contribution in [2.24, 2.45) is 0 Å². The van der Waals surface area contributed by atoms with Crippen LogP contribution in [-0.4, -0.2) is 55.5 Å². The van der Waals surface area contributed by atoms with E-state index in [9.17, 15) is 4.79 Å². The number of carbonyl (C=O) groups excluding carboxylic acids is 1. The van der Waals surface area contributed by atoms with Crippen molar-refractivity contribution in [2.45, 2.75) is 6.54 Å². The summed E-state index contributed by atoms with van der Waals surface area (Å²) in [4.78, 5) is 16.1. The normalized spacial score (nSPS) is 15.7. The number of amides is 1. The van der Waals surface area contributed by atoms with Gasteiger partial charge in [-0.1, -0.05) is 17.7 Å². The van der Waals surface area contributed by atoms with Crippen molar-refractivity contribution in [3.63, 3.8) is 0 Å². The number of nitrogens with zero attached hydrogens (tertiary/aromatic N) is 2. The summed E-state index contributed by atoms with van der Waals surface area (Å²) >= 11 is 9.45. The average molecular weight is 361 g/mol. The maximum absolute atomic E-state index is 12.1. The standard InChI is InChI=1S/C14H19BrClN3O/c1-18(9-11-2-3-12(15)13(16)8-11)10-14(20)19-6-4-17-5-7-19/h2-3,8,17H,4-7,9-10H2,1H3. The molecule has 0 saturated carbocycles. The van der Waals surface area contributed by atoms with Gasteiger partial charge in [0, 0.05) is 37.2 Å². The maximum Gasteiger partial charge on any atom is 0.236 e. The minimum absolute atomic E-state index is 0.192. The lowest BCUT2D eigenvalue weighted by Gasteiger charge is -2.29. The Labute approximate surface area is 133 Å². The molecule has 2 rings (SSSR count). The molecule has 1 amide bonds. The second-order valence-electron chi connectivity index (χ2n) is 5.05. The molecule has 0 atom stereocenters. The molecule has 1 aliphatic heterocycles. The number of nitrogens with one attached hydrogen (secondary N) is 1. The van der Waals surface area contributed by atoms with Gasteiger partial charge in [-0.25, -0.2) is 0 Å². The Balaban J connectivity index is 1.86. The third-order valence-corrected chi connectivity index (χ3v) is 4.54. The van der Waals surface area contributed by atoms with Gasteiger partial charge in [-0.2, -0.15) is 0 Å². The first-order chi connectivity index (χ1) is 9.56. The van der Waals surface area contributed by atoms with Gasteiger partial charge < -0.3 is 10.2 Å². The third kappa shape index (κ3) is 4.45. The fourth-order valence-electron chi connectivity index (χ4n) is 2.25. The topological polar surface area (TPSA) is 35.6 Å². The molecule has 0 aliphatic carbocycles. The van der Waals surface area contributed by atoms with E-state index in [4.69, 9.17) is 11.6 Å². The Morgan fingerprint density at radius 1 is 1.45 bits per heavy atom. The zero-order valence-electron chi connectivity index (χ0n) is 11.5. The number of hydrogen-bond donors (Lipinski definition) is 1. The molecule has 6 heteroatoms. The molecular weight excluding hydrogens is 342 g/mol. The van der Waals surface area contributed by atoms with E-state index in [1.165, 1.54) is 0 Å². The Kier molecular flexibility index (Phi) is 5.84. The molecule has 0 bridgehead atoms. The van der Waals surface area contributed by atoms with Crippen LogP contribution in [0.15, 0.2) is 22.7 Å². The number of carbonyl (C=O) groups is 1. The van der Waals surface area contributed by atoms with Gasteiger partial charge in [-0.15, -0.1) is 0 Å². The van der Waals surface area contributed by atoms with Gasteiger partial charge in [0.2, 0.25) is 5.91 Å². The van der Waals surface area contributed by atoms with Gasteiger partial charge >= 0.3 is 0 Å². The number of hydrogen-bond acceptors (Lipinski definition) is 3.